The first-order valence-electron chi connectivity index (χ1n) is 6.49. The van der Waals surface area contributed by atoms with Crippen molar-refractivity contribution < 1.29 is 4.79 Å². The number of pyridine rings is 1. The molecule has 0 saturated heterocycles. The lowest BCUT2D eigenvalue weighted by Gasteiger charge is -2.13. The number of carbonyl (C=O) groups excluding carboxylic acids is 1. The van der Waals surface area contributed by atoms with Crippen LogP contribution in [0.4, 0.5) is 9.93 Å². The Labute approximate surface area is 121 Å². The summed E-state index contributed by atoms with van der Waals surface area (Å²) in [6, 6.07) is 3.36. The average molecular weight is 291 g/mol. The summed E-state index contributed by atoms with van der Waals surface area (Å²) in [7, 11) is 0. The van der Waals surface area contributed by atoms with Crippen LogP contribution >= 0.6 is 11.3 Å². The van der Waals surface area contributed by atoms with E-state index in [0.29, 0.717) is 5.13 Å². The summed E-state index contributed by atoms with van der Waals surface area (Å²) in [5.41, 5.74) is 0.999. The molecule has 0 aliphatic carbocycles. The fraction of sp³-hybridized carbons (Fsp3) is 0.385. The van der Waals surface area contributed by atoms with E-state index in [-0.39, 0.29) is 12.1 Å². The highest BCUT2D eigenvalue weighted by atomic mass is 32.1. The number of amides is 2. The van der Waals surface area contributed by atoms with Crippen LogP contribution in [0.1, 0.15) is 36.9 Å². The maximum absolute atomic E-state index is 11.9. The van der Waals surface area contributed by atoms with E-state index in [9.17, 15) is 4.79 Å². The predicted octanol–water partition coefficient (Wildman–Crippen LogP) is 2.77. The quantitative estimate of drug-likeness (QED) is 0.887. The molecule has 2 heterocycles. The molecule has 2 aromatic heterocycles. The normalized spacial score (nSPS) is 11.9. The smallest absolute Gasteiger partial charge is 0.321 e. The van der Waals surface area contributed by atoms with Crippen LogP contribution in [0.3, 0.4) is 0 Å². The molecule has 0 aliphatic rings. The summed E-state index contributed by atoms with van der Waals surface area (Å²) in [6.45, 7) is 4.00. The van der Waals surface area contributed by atoms with Crippen LogP contribution in [0.25, 0.3) is 0 Å². The second kappa shape index (κ2) is 6.95. The van der Waals surface area contributed by atoms with Crippen molar-refractivity contribution in [3.05, 3.63) is 35.1 Å². The molecule has 2 N–H and O–H groups in total. The van der Waals surface area contributed by atoms with Gasteiger partial charge < -0.3 is 5.32 Å². The summed E-state index contributed by atoms with van der Waals surface area (Å²) in [5.74, 6) is 0. The second-order valence-corrected chi connectivity index (χ2v) is 5.41. The number of rotatable bonds is 5. The minimum Gasteiger partial charge on any atom is -0.331 e. The molecule has 0 fully saturated rings. The van der Waals surface area contributed by atoms with E-state index in [0.717, 1.165) is 23.4 Å². The minimum atomic E-state index is -0.284. The minimum absolute atomic E-state index is 0.0963. The van der Waals surface area contributed by atoms with Gasteiger partial charge in [-0.25, -0.2) is 4.79 Å². The van der Waals surface area contributed by atoms with E-state index in [2.05, 4.69) is 32.7 Å². The number of nitrogens with zero attached hydrogens (tertiary/aromatic N) is 3. The van der Waals surface area contributed by atoms with Crippen LogP contribution < -0.4 is 10.6 Å². The number of aryl methyl sites for hydroxylation is 1. The molecule has 6 nitrogen and oxygen atoms in total. The first-order chi connectivity index (χ1) is 9.69. The van der Waals surface area contributed by atoms with Crippen molar-refractivity contribution >= 4 is 22.5 Å². The highest BCUT2D eigenvalue weighted by Gasteiger charge is 2.11. The van der Waals surface area contributed by atoms with Crippen LogP contribution in [0.5, 0.6) is 0 Å². The second-order valence-electron chi connectivity index (χ2n) is 4.35. The van der Waals surface area contributed by atoms with Gasteiger partial charge in [0.1, 0.15) is 5.01 Å². The number of nitrogens with one attached hydrogen (secondary N) is 2. The van der Waals surface area contributed by atoms with Gasteiger partial charge in [0.05, 0.1) is 6.04 Å². The summed E-state index contributed by atoms with van der Waals surface area (Å²) in [6.07, 6.45) is 5.30. The molecule has 106 valence electrons. The fourth-order valence-corrected chi connectivity index (χ4v) is 2.52. The molecule has 0 saturated carbocycles. The van der Waals surface area contributed by atoms with Crippen LogP contribution in [-0.4, -0.2) is 21.2 Å². The lowest BCUT2D eigenvalue weighted by molar-refractivity contribution is 0.249. The summed E-state index contributed by atoms with van der Waals surface area (Å²) in [4.78, 5) is 15.8. The average Bonchev–Trinajstić information content (AvgIpc) is 2.87. The highest BCUT2D eigenvalue weighted by Crippen LogP contribution is 2.17. The van der Waals surface area contributed by atoms with E-state index in [1.54, 1.807) is 12.4 Å². The van der Waals surface area contributed by atoms with Gasteiger partial charge in [-0.2, -0.15) is 0 Å². The van der Waals surface area contributed by atoms with Crippen molar-refractivity contribution in [2.75, 3.05) is 5.32 Å². The Morgan fingerprint density at radius 2 is 2.10 bits per heavy atom. The van der Waals surface area contributed by atoms with Gasteiger partial charge in [-0.15, -0.1) is 10.2 Å². The van der Waals surface area contributed by atoms with E-state index in [1.165, 1.54) is 11.3 Å². The van der Waals surface area contributed by atoms with Crippen LogP contribution in [0.15, 0.2) is 24.5 Å². The molecule has 2 amide bonds. The number of hydrogen-bond acceptors (Lipinski definition) is 5. The largest absolute Gasteiger partial charge is 0.331 e. The summed E-state index contributed by atoms with van der Waals surface area (Å²) in [5, 5.41) is 15.0. The van der Waals surface area contributed by atoms with E-state index in [4.69, 9.17) is 0 Å². The number of carbonyl (C=O) groups is 1. The fourth-order valence-electron chi connectivity index (χ4n) is 1.68. The topological polar surface area (TPSA) is 79.8 Å². The number of hydrogen-bond donors (Lipinski definition) is 2. The zero-order valence-corrected chi connectivity index (χ0v) is 12.3. The van der Waals surface area contributed by atoms with Crippen molar-refractivity contribution in [1.82, 2.24) is 20.5 Å². The van der Waals surface area contributed by atoms with Gasteiger partial charge in [0.15, 0.2) is 0 Å². The Morgan fingerprint density at radius 1 is 1.35 bits per heavy atom. The lowest BCUT2D eigenvalue weighted by Crippen LogP contribution is -2.31. The third-order valence-corrected chi connectivity index (χ3v) is 3.60. The molecule has 0 spiro atoms. The van der Waals surface area contributed by atoms with Gasteiger partial charge >= 0.3 is 6.03 Å². The maximum atomic E-state index is 11.9. The third kappa shape index (κ3) is 3.99. The molecule has 1 atom stereocenters. The van der Waals surface area contributed by atoms with Crippen molar-refractivity contribution in [1.29, 1.82) is 0 Å². The van der Waals surface area contributed by atoms with E-state index < -0.39 is 0 Å². The highest BCUT2D eigenvalue weighted by molar-refractivity contribution is 7.15. The zero-order chi connectivity index (χ0) is 14.4. The first kappa shape index (κ1) is 14.4. The van der Waals surface area contributed by atoms with Gasteiger partial charge in [-0.05, 0) is 31.0 Å². The standard InChI is InChI=1S/C13H17N5OS/c1-3-4-11-17-18-13(20-11)16-12(19)15-9(2)10-5-7-14-8-6-10/h5-9H,3-4H2,1-2H3,(H2,15,16,18,19)/t9-/m1/s1. The number of urea groups is 1. The molecule has 7 heteroatoms. The van der Waals surface area contributed by atoms with Gasteiger partial charge in [0.2, 0.25) is 5.13 Å². The van der Waals surface area contributed by atoms with E-state index >= 15 is 0 Å². The molecule has 2 rings (SSSR count). The maximum Gasteiger partial charge on any atom is 0.321 e. The molecular weight excluding hydrogens is 274 g/mol. The molecule has 0 unspecified atom stereocenters. The van der Waals surface area contributed by atoms with Crippen LogP contribution in [0, 0.1) is 0 Å². The Morgan fingerprint density at radius 3 is 2.80 bits per heavy atom. The molecule has 0 aromatic carbocycles. The number of anilines is 1. The van der Waals surface area contributed by atoms with Crippen molar-refractivity contribution in [3.63, 3.8) is 0 Å². The van der Waals surface area contributed by atoms with Gasteiger partial charge in [0, 0.05) is 18.8 Å². The summed E-state index contributed by atoms with van der Waals surface area (Å²) >= 11 is 1.40. The molecule has 20 heavy (non-hydrogen) atoms. The molecule has 0 aliphatic heterocycles. The Hall–Kier alpha value is -2.02. The Kier molecular flexibility index (Phi) is 5.00. The van der Waals surface area contributed by atoms with E-state index in [1.807, 2.05) is 19.1 Å². The first-order valence-corrected chi connectivity index (χ1v) is 7.30. The Balaban J connectivity index is 1.88. The molecule has 0 bridgehead atoms. The van der Waals surface area contributed by atoms with Gasteiger partial charge in [-0.1, -0.05) is 18.3 Å². The molecule has 0 radical (unpaired) electrons. The lowest BCUT2D eigenvalue weighted by atomic mass is 10.1. The van der Waals surface area contributed by atoms with Gasteiger partial charge in [0.25, 0.3) is 0 Å². The monoisotopic (exact) mass is 291 g/mol. The van der Waals surface area contributed by atoms with Crippen molar-refractivity contribution in [2.45, 2.75) is 32.7 Å². The van der Waals surface area contributed by atoms with Crippen LogP contribution in [-0.2, 0) is 6.42 Å². The van der Waals surface area contributed by atoms with Crippen molar-refractivity contribution in [2.24, 2.45) is 0 Å². The van der Waals surface area contributed by atoms with Crippen molar-refractivity contribution in [3.8, 4) is 0 Å². The third-order valence-electron chi connectivity index (χ3n) is 2.70. The summed E-state index contributed by atoms with van der Waals surface area (Å²) < 4.78 is 0. The molecular formula is C13H17N5OS. The SMILES string of the molecule is CCCc1nnc(NC(=O)N[C@H](C)c2ccncc2)s1. The predicted molar refractivity (Wildman–Crippen MR) is 78.7 cm³/mol. The Bertz CT molecular complexity index is 557. The number of aromatic nitrogens is 3. The molecule has 2 aromatic rings. The van der Waals surface area contributed by atoms with Gasteiger partial charge in [-0.3, -0.25) is 10.3 Å². The van der Waals surface area contributed by atoms with Crippen LogP contribution in [0.2, 0.25) is 0 Å². The zero-order valence-electron chi connectivity index (χ0n) is 11.5.